The predicted octanol–water partition coefficient (Wildman–Crippen LogP) is 6.01. The van der Waals surface area contributed by atoms with Crippen molar-refractivity contribution < 1.29 is 14.3 Å². The summed E-state index contributed by atoms with van der Waals surface area (Å²) in [6.45, 7) is 6.73. The molecule has 0 aliphatic heterocycles. The standard InChI is InChI=1S/C30H42N2O3/c1-5-28(30(34)31-26-11-7-6-8-12-26)32(21-24-10-9-13-27(20-24)35-4)29(33)19-16-23-14-17-25(18-15-23)22(2)3/h9-10,13-15,17-18,20,22,26,28H,5-8,11-12,16,19,21H2,1-4H3,(H,31,34)/t28-/m1/s1. The van der Waals surface area contributed by atoms with Crippen molar-refractivity contribution in [3.05, 3.63) is 65.2 Å². The number of amides is 2. The van der Waals surface area contributed by atoms with E-state index < -0.39 is 6.04 Å². The first-order valence-electron chi connectivity index (χ1n) is 13.2. The molecule has 1 fully saturated rings. The highest BCUT2D eigenvalue weighted by Crippen LogP contribution is 2.21. The van der Waals surface area contributed by atoms with Crippen LogP contribution in [0.1, 0.15) is 88.3 Å². The highest BCUT2D eigenvalue weighted by molar-refractivity contribution is 5.88. The fourth-order valence-corrected chi connectivity index (χ4v) is 4.90. The molecule has 0 aromatic heterocycles. The number of carbonyl (C=O) groups is 2. The summed E-state index contributed by atoms with van der Waals surface area (Å²) in [5.74, 6) is 1.21. The van der Waals surface area contributed by atoms with Crippen LogP contribution in [0, 0.1) is 0 Å². The van der Waals surface area contributed by atoms with Crippen LogP contribution < -0.4 is 10.1 Å². The van der Waals surface area contributed by atoms with Gasteiger partial charge in [0.25, 0.3) is 0 Å². The van der Waals surface area contributed by atoms with E-state index in [1.165, 1.54) is 12.0 Å². The number of benzene rings is 2. The highest BCUT2D eigenvalue weighted by atomic mass is 16.5. The Balaban J connectivity index is 1.75. The number of nitrogens with one attached hydrogen (secondary N) is 1. The van der Waals surface area contributed by atoms with Gasteiger partial charge in [-0.05, 0) is 60.4 Å². The van der Waals surface area contributed by atoms with Gasteiger partial charge in [-0.15, -0.1) is 0 Å². The van der Waals surface area contributed by atoms with E-state index in [0.717, 1.165) is 42.6 Å². The summed E-state index contributed by atoms with van der Waals surface area (Å²) < 4.78 is 5.38. The third-order valence-electron chi connectivity index (χ3n) is 7.10. The summed E-state index contributed by atoms with van der Waals surface area (Å²) >= 11 is 0. The second kappa shape index (κ2) is 13.3. The molecule has 1 aliphatic rings. The molecule has 1 aliphatic carbocycles. The number of ether oxygens (including phenoxy) is 1. The van der Waals surface area contributed by atoms with Crippen LogP contribution in [0.5, 0.6) is 5.75 Å². The largest absolute Gasteiger partial charge is 0.497 e. The quantitative estimate of drug-likeness (QED) is 0.430. The molecule has 3 rings (SSSR count). The van der Waals surface area contributed by atoms with Crippen LogP contribution in [-0.4, -0.2) is 35.9 Å². The predicted molar refractivity (Wildman–Crippen MR) is 141 cm³/mol. The van der Waals surface area contributed by atoms with Gasteiger partial charge in [0.1, 0.15) is 11.8 Å². The SMILES string of the molecule is CC[C@H](C(=O)NC1CCCCC1)N(Cc1cccc(OC)c1)C(=O)CCc1ccc(C(C)C)cc1. The third-order valence-corrected chi connectivity index (χ3v) is 7.10. The topological polar surface area (TPSA) is 58.6 Å². The fourth-order valence-electron chi connectivity index (χ4n) is 4.90. The molecule has 0 unspecified atom stereocenters. The Bertz CT molecular complexity index is 948. The zero-order valence-corrected chi connectivity index (χ0v) is 21.9. The maximum atomic E-state index is 13.6. The van der Waals surface area contributed by atoms with Crippen LogP contribution in [0.4, 0.5) is 0 Å². The van der Waals surface area contributed by atoms with Crippen molar-refractivity contribution in [1.29, 1.82) is 0 Å². The average molecular weight is 479 g/mol. The second-order valence-electron chi connectivity index (χ2n) is 10.0. The molecule has 0 radical (unpaired) electrons. The summed E-state index contributed by atoms with van der Waals surface area (Å²) in [5, 5.41) is 3.25. The molecule has 0 saturated heterocycles. The van der Waals surface area contributed by atoms with E-state index in [4.69, 9.17) is 4.74 Å². The molecule has 0 heterocycles. The summed E-state index contributed by atoms with van der Waals surface area (Å²) in [6, 6.07) is 16.0. The van der Waals surface area contributed by atoms with E-state index in [1.807, 2.05) is 31.2 Å². The molecular weight excluding hydrogens is 436 g/mol. The van der Waals surface area contributed by atoms with E-state index in [0.29, 0.717) is 31.7 Å². The van der Waals surface area contributed by atoms with Crippen molar-refractivity contribution >= 4 is 11.8 Å². The molecule has 1 N–H and O–H groups in total. The Morgan fingerprint density at radius 3 is 2.37 bits per heavy atom. The van der Waals surface area contributed by atoms with Gasteiger partial charge in [0.2, 0.25) is 11.8 Å². The van der Waals surface area contributed by atoms with Gasteiger partial charge < -0.3 is 15.0 Å². The van der Waals surface area contributed by atoms with Gasteiger partial charge in [0, 0.05) is 19.0 Å². The molecule has 1 saturated carbocycles. The first-order valence-corrected chi connectivity index (χ1v) is 13.2. The molecule has 35 heavy (non-hydrogen) atoms. The smallest absolute Gasteiger partial charge is 0.243 e. The Hall–Kier alpha value is -2.82. The van der Waals surface area contributed by atoms with Gasteiger partial charge in [-0.25, -0.2) is 0 Å². The fraction of sp³-hybridized carbons (Fsp3) is 0.533. The van der Waals surface area contributed by atoms with Crippen molar-refractivity contribution in [2.45, 2.75) is 96.7 Å². The Morgan fingerprint density at radius 2 is 1.74 bits per heavy atom. The lowest BCUT2D eigenvalue weighted by molar-refractivity contribution is -0.141. The van der Waals surface area contributed by atoms with E-state index >= 15 is 0 Å². The zero-order chi connectivity index (χ0) is 25.2. The maximum absolute atomic E-state index is 13.6. The lowest BCUT2D eigenvalue weighted by Crippen LogP contribution is -2.51. The average Bonchev–Trinajstić information content (AvgIpc) is 2.88. The number of nitrogens with zero attached hydrogens (tertiary/aromatic N) is 1. The van der Waals surface area contributed by atoms with Crippen LogP contribution in [0.2, 0.25) is 0 Å². The molecule has 0 bridgehead atoms. The van der Waals surface area contributed by atoms with Crippen molar-refractivity contribution in [3.63, 3.8) is 0 Å². The first-order chi connectivity index (χ1) is 16.9. The van der Waals surface area contributed by atoms with Crippen molar-refractivity contribution in [3.8, 4) is 5.75 Å². The number of rotatable bonds is 11. The molecule has 5 nitrogen and oxygen atoms in total. The number of methoxy groups -OCH3 is 1. The van der Waals surface area contributed by atoms with Crippen LogP contribution in [0.25, 0.3) is 0 Å². The lowest BCUT2D eigenvalue weighted by atomic mass is 9.95. The molecule has 1 atom stereocenters. The molecule has 2 amide bonds. The Morgan fingerprint density at radius 1 is 1.03 bits per heavy atom. The van der Waals surface area contributed by atoms with Crippen molar-refractivity contribution in [1.82, 2.24) is 10.2 Å². The van der Waals surface area contributed by atoms with Gasteiger partial charge in [-0.2, -0.15) is 0 Å². The van der Waals surface area contributed by atoms with Gasteiger partial charge >= 0.3 is 0 Å². The van der Waals surface area contributed by atoms with Crippen LogP contribution in [0.15, 0.2) is 48.5 Å². The van der Waals surface area contributed by atoms with Gasteiger partial charge in [0.15, 0.2) is 0 Å². The molecule has 2 aromatic rings. The minimum Gasteiger partial charge on any atom is -0.497 e. The van der Waals surface area contributed by atoms with Crippen LogP contribution in [0.3, 0.4) is 0 Å². The molecule has 5 heteroatoms. The summed E-state index contributed by atoms with van der Waals surface area (Å²) in [5.41, 5.74) is 3.40. The Labute approximate surface area is 211 Å². The number of hydrogen-bond donors (Lipinski definition) is 1. The number of aryl methyl sites for hydroxylation is 1. The van der Waals surface area contributed by atoms with Crippen LogP contribution in [-0.2, 0) is 22.6 Å². The number of hydrogen-bond acceptors (Lipinski definition) is 3. The van der Waals surface area contributed by atoms with Gasteiger partial charge in [-0.3, -0.25) is 9.59 Å². The second-order valence-corrected chi connectivity index (χ2v) is 10.0. The highest BCUT2D eigenvalue weighted by Gasteiger charge is 2.30. The van der Waals surface area contributed by atoms with Gasteiger partial charge in [0.05, 0.1) is 7.11 Å². The lowest BCUT2D eigenvalue weighted by Gasteiger charge is -2.33. The Kier molecular flexibility index (Phi) is 10.2. The monoisotopic (exact) mass is 478 g/mol. The normalized spacial score (nSPS) is 15.0. The minimum atomic E-state index is -0.487. The third kappa shape index (κ3) is 7.84. The van der Waals surface area contributed by atoms with Crippen LogP contribution >= 0.6 is 0 Å². The summed E-state index contributed by atoms with van der Waals surface area (Å²) in [4.78, 5) is 28.7. The van der Waals surface area contributed by atoms with Gasteiger partial charge in [-0.1, -0.05) is 76.4 Å². The maximum Gasteiger partial charge on any atom is 0.243 e. The molecular formula is C30H42N2O3. The summed E-state index contributed by atoms with van der Waals surface area (Å²) in [7, 11) is 1.64. The molecule has 0 spiro atoms. The van der Waals surface area contributed by atoms with E-state index in [9.17, 15) is 9.59 Å². The van der Waals surface area contributed by atoms with E-state index in [1.54, 1.807) is 12.0 Å². The molecule has 190 valence electrons. The van der Waals surface area contributed by atoms with Crippen molar-refractivity contribution in [2.24, 2.45) is 0 Å². The summed E-state index contributed by atoms with van der Waals surface area (Å²) in [6.07, 6.45) is 7.22. The molecule has 2 aromatic carbocycles. The zero-order valence-electron chi connectivity index (χ0n) is 21.9. The van der Waals surface area contributed by atoms with E-state index in [-0.39, 0.29) is 17.9 Å². The van der Waals surface area contributed by atoms with Crippen molar-refractivity contribution in [2.75, 3.05) is 7.11 Å². The minimum absolute atomic E-state index is 0.00593. The first kappa shape index (κ1) is 26.8. The van der Waals surface area contributed by atoms with E-state index in [2.05, 4.69) is 43.4 Å². The number of carbonyl (C=O) groups excluding carboxylic acids is 2.